The molecule has 0 aliphatic heterocycles. The molecule has 0 fully saturated rings. The lowest BCUT2D eigenvalue weighted by atomic mass is 10.0. The highest BCUT2D eigenvalue weighted by atomic mass is 19.1. The van der Waals surface area contributed by atoms with E-state index in [0.29, 0.717) is 0 Å². The molecular formula is C9H10FNO3. The van der Waals surface area contributed by atoms with Gasteiger partial charge in [0.2, 0.25) is 0 Å². The van der Waals surface area contributed by atoms with Crippen LogP contribution in [0.2, 0.25) is 0 Å². The van der Waals surface area contributed by atoms with E-state index in [2.05, 4.69) is 0 Å². The normalized spacial score (nSPS) is 14.8. The number of carbonyl (C=O) groups is 1. The molecule has 0 spiro atoms. The maximum absolute atomic E-state index is 12.7. The molecule has 0 saturated carbocycles. The molecule has 0 heterocycles. The van der Waals surface area contributed by atoms with Crippen LogP contribution in [0.25, 0.3) is 0 Å². The lowest BCUT2D eigenvalue weighted by molar-refractivity contribution is -0.147. The van der Waals surface area contributed by atoms with Crippen LogP contribution < -0.4 is 5.73 Å². The summed E-state index contributed by atoms with van der Waals surface area (Å²) in [6.07, 6.45) is -1.73. The highest BCUT2D eigenvalue weighted by Gasteiger charge is 2.23. The van der Waals surface area contributed by atoms with Crippen molar-refractivity contribution < 1.29 is 19.4 Å². The van der Waals surface area contributed by atoms with Crippen molar-refractivity contribution >= 4 is 5.97 Å². The maximum atomic E-state index is 12.7. The van der Waals surface area contributed by atoms with E-state index >= 15 is 0 Å². The average Bonchev–Trinajstić information content (AvgIpc) is 2.15. The molecule has 0 saturated heterocycles. The van der Waals surface area contributed by atoms with Gasteiger partial charge in [-0.15, -0.1) is 0 Å². The molecule has 14 heavy (non-hydrogen) atoms. The lowest BCUT2D eigenvalue weighted by Crippen LogP contribution is -2.33. The van der Waals surface area contributed by atoms with Crippen molar-refractivity contribution in [2.75, 3.05) is 0 Å². The van der Waals surface area contributed by atoms with Gasteiger partial charge in [-0.05, 0) is 17.7 Å². The van der Waals surface area contributed by atoms with Crippen LogP contribution >= 0.6 is 0 Å². The Kier molecular flexibility index (Phi) is 3.16. The molecule has 0 amide bonds. The van der Waals surface area contributed by atoms with Gasteiger partial charge in [0, 0.05) is 0 Å². The SMILES string of the molecule is NC(c1cccc(F)c1)C(O)C(=O)O. The summed E-state index contributed by atoms with van der Waals surface area (Å²) in [6.45, 7) is 0. The zero-order valence-corrected chi connectivity index (χ0v) is 7.22. The molecule has 0 bridgehead atoms. The topological polar surface area (TPSA) is 83.5 Å². The molecule has 2 unspecified atom stereocenters. The third-order valence-corrected chi connectivity index (χ3v) is 1.83. The van der Waals surface area contributed by atoms with Crippen LogP contribution in [0, 0.1) is 5.82 Å². The first-order chi connectivity index (χ1) is 6.52. The second kappa shape index (κ2) is 4.17. The fourth-order valence-electron chi connectivity index (χ4n) is 1.05. The van der Waals surface area contributed by atoms with Crippen LogP contribution in [0.4, 0.5) is 4.39 Å². The number of aliphatic hydroxyl groups is 1. The van der Waals surface area contributed by atoms with E-state index in [4.69, 9.17) is 15.9 Å². The van der Waals surface area contributed by atoms with E-state index in [0.717, 1.165) is 6.07 Å². The molecule has 1 aromatic rings. The molecule has 0 radical (unpaired) electrons. The fraction of sp³-hybridized carbons (Fsp3) is 0.222. The summed E-state index contributed by atoms with van der Waals surface area (Å²) >= 11 is 0. The van der Waals surface area contributed by atoms with Crippen LogP contribution in [0.5, 0.6) is 0 Å². The van der Waals surface area contributed by atoms with Crippen LogP contribution in [-0.2, 0) is 4.79 Å². The molecule has 0 aromatic heterocycles. The van der Waals surface area contributed by atoms with Gasteiger partial charge >= 0.3 is 5.97 Å². The number of carboxylic acid groups (broad SMARTS) is 1. The first kappa shape index (κ1) is 10.6. The number of benzene rings is 1. The number of aliphatic hydroxyl groups excluding tert-OH is 1. The third-order valence-electron chi connectivity index (χ3n) is 1.83. The van der Waals surface area contributed by atoms with E-state index < -0.39 is 23.9 Å². The second-order valence-corrected chi connectivity index (χ2v) is 2.86. The van der Waals surface area contributed by atoms with Gasteiger partial charge in [-0.25, -0.2) is 9.18 Å². The standard InChI is InChI=1S/C9H10FNO3/c10-6-3-1-2-5(4-6)7(11)8(12)9(13)14/h1-4,7-8,12H,11H2,(H,13,14). The first-order valence-corrected chi connectivity index (χ1v) is 3.94. The minimum absolute atomic E-state index is 0.250. The lowest BCUT2D eigenvalue weighted by Gasteiger charge is -2.14. The number of nitrogens with two attached hydrogens (primary N) is 1. The fourth-order valence-corrected chi connectivity index (χ4v) is 1.05. The van der Waals surface area contributed by atoms with E-state index in [-0.39, 0.29) is 5.56 Å². The predicted molar refractivity (Wildman–Crippen MR) is 47.0 cm³/mol. The Bertz CT molecular complexity index is 343. The molecule has 0 aliphatic carbocycles. The molecular weight excluding hydrogens is 189 g/mol. The van der Waals surface area contributed by atoms with Gasteiger partial charge < -0.3 is 15.9 Å². The highest BCUT2D eigenvalue weighted by molar-refractivity contribution is 5.73. The molecule has 4 N–H and O–H groups in total. The van der Waals surface area contributed by atoms with E-state index in [1.165, 1.54) is 18.2 Å². The smallest absolute Gasteiger partial charge is 0.334 e. The van der Waals surface area contributed by atoms with Crippen molar-refractivity contribution in [2.24, 2.45) is 5.73 Å². The Morgan fingerprint density at radius 2 is 2.14 bits per heavy atom. The molecule has 0 aliphatic rings. The van der Waals surface area contributed by atoms with Gasteiger partial charge in [-0.2, -0.15) is 0 Å². The van der Waals surface area contributed by atoms with Crippen molar-refractivity contribution in [3.05, 3.63) is 35.6 Å². The third kappa shape index (κ3) is 2.27. The zero-order chi connectivity index (χ0) is 10.7. The molecule has 1 rings (SSSR count). The number of carboxylic acids is 1. The maximum Gasteiger partial charge on any atom is 0.334 e. The first-order valence-electron chi connectivity index (χ1n) is 3.94. The monoisotopic (exact) mass is 199 g/mol. The molecule has 1 aromatic carbocycles. The Morgan fingerprint density at radius 1 is 1.50 bits per heavy atom. The van der Waals surface area contributed by atoms with Gasteiger partial charge in [0.05, 0.1) is 6.04 Å². The van der Waals surface area contributed by atoms with Gasteiger partial charge in [-0.1, -0.05) is 12.1 Å². The van der Waals surface area contributed by atoms with E-state index in [1.807, 2.05) is 0 Å². The summed E-state index contributed by atoms with van der Waals surface area (Å²) in [5.41, 5.74) is 5.66. The van der Waals surface area contributed by atoms with Crippen molar-refractivity contribution in [1.29, 1.82) is 0 Å². The summed E-state index contributed by atoms with van der Waals surface area (Å²) in [4.78, 5) is 10.4. The minimum Gasteiger partial charge on any atom is -0.479 e. The number of hydrogen-bond donors (Lipinski definition) is 3. The highest BCUT2D eigenvalue weighted by Crippen LogP contribution is 2.15. The van der Waals surface area contributed by atoms with Crippen LogP contribution in [0.1, 0.15) is 11.6 Å². The molecule has 2 atom stereocenters. The van der Waals surface area contributed by atoms with Crippen molar-refractivity contribution in [2.45, 2.75) is 12.1 Å². The summed E-state index contributed by atoms with van der Waals surface area (Å²) in [7, 11) is 0. The summed E-state index contributed by atoms with van der Waals surface area (Å²) in [5, 5.41) is 17.6. The Labute approximate surface area is 79.8 Å². The summed E-state index contributed by atoms with van der Waals surface area (Å²) in [5.74, 6) is -1.95. The largest absolute Gasteiger partial charge is 0.479 e. The van der Waals surface area contributed by atoms with Crippen LogP contribution in [0.15, 0.2) is 24.3 Å². The van der Waals surface area contributed by atoms with Crippen molar-refractivity contribution in [3.8, 4) is 0 Å². The summed E-state index contributed by atoms with van der Waals surface area (Å²) < 4.78 is 12.7. The number of aliphatic carboxylic acids is 1. The van der Waals surface area contributed by atoms with Gasteiger partial charge in [0.1, 0.15) is 5.82 Å². The van der Waals surface area contributed by atoms with Crippen LogP contribution in [0.3, 0.4) is 0 Å². The molecule has 4 nitrogen and oxygen atoms in total. The molecule has 5 heteroatoms. The molecule has 76 valence electrons. The van der Waals surface area contributed by atoms with E-state index in [9.17, 15) is 9.18 Å². The van der Waals surface area contributed by atoms with E-state index in [1.54, 1.807) is 0 Å². The minimum atomic E-state index is -1.73. The second-order valence-electron chi connectivity index (χ2n) is 2.86. The van der Waals surface area contributed by atoms with Crippen molar-refractivity contribution in [1.82, 2.24) is 0 Å². The Balaban J connectivity index is 2.89. The Morgan fingerprint density at radius 3 is 2.64 bits per heavy atom. The zero-order valence-electron chi connectivity index (χ0n) is 7.22. The van der Waals surface area contributed by atoms with Gasteiger partial charge in [-0.3, -0.25) is 0 Å². The number of hydrogen-bond acceptors (Lipinski definition) is 3. The Hall–Kier alpha value is -1.46. The summed E-state index contributed by atoms with van der Waals surface area (Å²) in [6, 6.07) is 4.04. The van der Waals surface area contributed by atoms with Crippen LogP contribution in [-0.4, -0.2) is 22.3 Å². The number of rotatable bonds is 3. The van der Waals surface area contributed by atoms with Gasteiger partial charge in [0.25, 0.3) is 0 Å². The van der Waals surface area contributed by atoms with Gasteiger partial charge in [0.15, 0.2) is 6.10 Å². The van der Waals surface area contributed by atoms with Crippen molar-refractivity contribution in [3.63, 3.8) is 0 Å². The predicted octanol–water partition coefficient (Wildman–Crippen LogP) is 0.271. The number of halogens is 1. The average molecular weight is 199 g/mol. The quantitative estimate of drug-likeness (QED) is 0.652.